The zero-order chi connectivity index (χ0) is 39.7. The normalized spacial score (nSPS) is 17.3. The molecular weight excluding hydrogens is 727 g/mol. The molecule has 2 amide bonds. The molecule has 292 valence electrons. The summed E-state index contributed by atoms with van der Waals surface area (Å²) in [5.74, 6) is 1.37. The Balaban J connectivity index is 1.02. The quantitative estimate of drug-likeness (QED) is 0.212. The number of fused-ring (bicyclic) bond motifs is 3. The molecular formula is C43H43N7O7. The van der Waals surface area contributed by atoms with Crippen molar-refractivity contribution in [1.29, 1.82) is 0 Å². The van der Waals surface area contributed by atoms with Crippen LogP contribution in [0.5, 0.6) is 11.5 Å². The molecule has 3 aliphatic heterocycles. The number of imidazole rings is 1. The maximum Gasteiger partial charge on any atom is 0.329 e. The van der Waals surface area contributed by atoms with Crippen LogP contribution >= 0.6 is 0 Å². The highest BCUT2D eigenvalue weighted by Gasteiger charge is 2.32. The van der Waals surface area contributed by atoms with Crippen LogP contribution in [0.15, 0.2) is 76.6 Å². The molecule has 14 heteroatoms. The minimum Gasteiger partial charge on any atom is -0.496 e. The molecule has 1 N–H and O–H groups in total. The third-order valence-corrected chi connectivity index (χ3v) is 11.8. The number of benzene rings is 3. The first kappa shape index (κ1) is 36.4. The maximum atomic E-state index is 13.6. The van der Waals surface area contributed by atoms with Crippen LogP contribution in [-0.2, 0) is 48.1 Å². The number of methoxy groups -OCH3 is 3. The summed E-state index contributed by atoms with van der Waals surface area (Å²) in [7, 11) is 8.49. The van der Waals surface area contributed by atoms with Crippen molar-refractivity contribution >= 4 is 39.4 Å². The second kappa shape index (κ2) is 14.0. The Morgan fingerprint density at radius 1 is 0.842 bits per heavy atom. The number of imide groups is 1. The first-order valence-electron chi connectivity index (χ1n) is 19.0. The fraction of sp³-hybridized carbons (Fsp3) is 0.326. The lowest BCUT2D eigenvalue weighted by atomic mass is 9.98. The number of anilines is 1. The smallest absolute Gasteiger partial charge is 0.329 e. The number of carbonyl (C=O) groups excluding carboxylic acids is 2. The Bertz CT molecular complexity index is 2740. The average Bonchev–Trinajstić information content (AvgIpc) is 3.72. The summed E-state index contributed by atoms with van der Waals surface area (Å²) in [6.07, 6.45) is 4.14. The van der Waals surface area contributed by atoms with Crippen LogP contribution < -0.4 is 30.9 Å². The summed E-state index contributed by atoms with van der Waals surface area (Å²) in [5, 5.41) is 3.72. The molecule has 14 nitrogen and oxygen atoms in total. The lowest BCUT2D eigenvalue weighted by molar-refractivity contribution is -0.135. The van der Waals surface area contributed by atoms with E-state index in [1.165, 1.54) is 15.7 Å². The van der Waals surface area contributed by atoms with Crippen LogP contribution in [0, 0.1) is 0 Å². The van der Waals surface area contributed by atoms with Crippen molar-refractivity contribution in [2.75, 3.05) is 39.3 Å². The van der Waals surface area contributed by atoms with E-state index in [-0.39, 0.29) is 36.1 Å². The van der Waals surface area contributed by atoms with Crippen LogP contribution in [0.3, 0.4) is 0 Å². The Hall–Kier alpha value is -6.25. The summed E-state index contributed by atoms with van der Waals surface area (Å²) in [5.41, 5.74) is 7.82. The standard InChI is InChI=1S/C43H43N7O7/c1-46-22-32(30-16-38(44-17-31(30)42(46)53)49-20-28(21-49)55-3)26-14-36(56-4)33(37(15-26)57-5)23-48-18-25-10-9-24(13-27(25)19-48)29-7-6-8-34-40(29)47(2)43(54)50(34)35-11-12-39(51)45-41(35)52/h6-10,13-17,22,28,35H,11-12,18-21,23H2,1-5H3,(H,45,51,52). The molecule has 9 rings (SSSR count). The van der Waals surface area contributed by atoms with E-state index in [0.29, 0.717) is 35.5 Å². The van der Waals surface area contributed by atoms with Gasteiger partial charge in [-0.15, -0.1) is 0 Å². The number of hydrogen-bond acceptors (Lipinski definition) is 10. The molecule has 0 radical (unpaired) electrons. The number of nitrogens with one attached hydrogen (secondary N) is 1. The largest absolute Gasteiger partial charge is 0.496 e. The number of amides is 2. The van der Waals surface area contributed by atoms with Gasteiger partial charge >= 0.3 is 5.69 Å². The highest BCUT2D eigenvalue weighted by Crippen LogP contribution is 2.40. The van der Waals surface area contributed by atoms with Crippen LogP contribution in [0.4, 0.5) is 5.82 Å². The summed E-state index contributed by atoms with van der Waals surface area (Å²) in [4.78, 5) is 60.6. The van der Waals surface area contributed by atoms with Gasteiger partial charge in [0.25, 0.3) is 5.56 Å². The van der Waals surface area contributed by atoms with Crippen molar-refractivity contribution in [3.63, 3.8) is 0 Å². The molecule has 0 spiro atoms. The summed E-state index contributed by atoms with van der Waals surface area (Å²) < 4.78 is 22.2. The zero-order valence-corrected chi connectivity index (χ0v) is 32.5. The number of carbonyl (C=O) groups is 2. The van der Waals surface area contributed by atoms with E-state index in [1.54, 1.807) is 50.8 Å². The number of rotatable bonds is 9. The minimum absolute atomic E-state index is 0.121. The van der Waals surface area contributed by atoms with Gasteiger partial charge in [0, 0.05) is 89.3 Å². The van der Waals surface area contributed by atoms with Crippen LogP contribution in [0.1, 0.15) is 35.6 Å². The molecule has 2 fully saturated rings. The summed E-state index contributed by atoms with van der Waals surface area (Å²) in [6.45, 7) is 3.45. The van der Waals surface area contributed by atoms with E-state index >= 15 is 0 Å². The Morgan fingerprint density at radius 2 is 1.60 bits per heavy atom. The number of ether oxygens (including phenoxy) is 3. The van der Waals surface area contributed by atoms with E-state index in [2.05, 4.69) is 38.3 Å². The average molecular weight is 770 g/mol. The van der Waals surface area contributed by atoms with E-state index < -0.39 is 11.9 Å². The molecule has 0 bridgehead atoms. The molecule has 6 aromatic rings. The van der Waals surface area contributed by atoms with E-state index in [1.807, 2.05) is 42.6 Å². The summed E-state index contributed by atoms with van der Waals surface area (Å²) in [6, 6.07) is 17.4. The predicted molar refractivity (Wildman–Crippen MR) is 216 cm³/mol. The third kappa shape index (κ3) is 6.07. The molecule has 0 aliphatic carbocycles. The van der Waals surface area contributed by atoms with Crippen LogP contribution in [0.25, 0.3) is 44.1 Å². The van der Waals surface area contributed by atoms with E-state index in [9.17, 15) is 19.2 Å². The number of aryl methyl sites for hydroxylation is 2. The summed E-state index contributed by atoms with van der Waals surface area (Å²) >= 11 is 0. The van der Waals surface area contributed by atoms with Gasteiger partial charge in [0.2, 0.25) is 11.8 Å². The first-order chi connectivity index (χ1) is 27.6. The number of piperidine rings is 1. The van der Waals surface area contributed by atoms with Gasteiger partial charge in [-0.3, -0.25) is 33.7 Å². The molecule has 57 heavy (non-hydrogen) atoms. The number of pyridine rings is 2. The molecule has 3 aromatic heterocycles. The highest BCUT2D eigenvalue weighted by molar-refractivity contribution is 6.01. The first-order valence-corrected chi connectivity index (χ1v) is 19.0. The number of para-hydroxylation sites is 1. The van der Waals surface area contributed by atoms with Crippen molar-refractivity contribution < 1.29 is 23.8 Å². The van der Waals surface area contributed by atoms with Gasteiger partial charge < -0.3 is 23.7 Å². The fourth-order valence-electron chi connectivity index (χ4n) is 8.69. The van der Waals surface area contributed by atoms with Crippen molar-refractivity contribution in [3.05, 3.63) is 105 Å². The zero-order valence-electron chi connectivity index (χ0n) is 32.5. The maximum absolute atomic E-state index is 13.6. The highest BCUT2D eigenvalue weighted by atomic mass is 16.5. The van der Waals surface area contributed by atoms with Crippen LogP contribution in [-0.4, -0.2) is 75.9 Å². The van der Waals surface area contributed by atoms with Gasteiger partial charge in [0.15, 0.2) is 0 Å². The second-order valence-electron chi connectivity index (χ2n) is 15.1. The SMILES string of the molecule is COc1cc(-c2cn(C)c(=O)c3cnc(N4CC(OC)C4)cc23)cc(OC)c1CN1Cc2ccc(-c3cccc4c3n(C)c(=O)n4C3CCC(=O)NC3=O)cc2C1. The molecule has 0 saturated carbocycles. The Morgan fingerprint density at radius 3 is 2.32 bits per heavy atom. The lowest BCUT2D eigenvalue weighted by Crippen LogP contribution is -2.52. The second-order valence-corrected chi connectivity index (χ2v) is 15.1. The number of aromatic nitrogens is 4. The molecule has 1 unspecified atom stereocenters. The van der Waals surface area contributed by atoms with Crippen molar-refractivity contribution in [2.45, 2.75) is 44.6 Å². The topological polar surface area (TPSA) is 142 Å². The van der Waals surface area contributed by atoms with E-state index in [4.69, 9.17) is 14.2 Å². The molecule has 6 heterocycles. The Labute approximate surface area is 327 Å². The molecule has 1 atom stereocenters. The molecule has 3 aliphatic rings. The van der Waals surface area contributed by atoms with Crippen LogP contribution in [0.2, 0.25) is 0 Å². The van der Waals surface area contributed by atoms with Crippen molar-refractivity contribution in [1.82, 2.24) is 28.9 Å². The molecule has 2 saturated heterocycles. The number of nitrogens with zero attached hydrogens (tertiary/aromatic N) is 6. The minimum atomic E-state index is -0.753. The van der Waals surface area contributed by atoms with Crippen molar-refractivity contribution in [3.8, 4) is 33.8 Å². The number of hydrogen-bond donors (Lipinski definition) is 1. The third-order valence-electron chi connectivity index (χ3n) is 11.8. The van der Waals surface area contributed by atoms with E-state index in [0.717, 1.165) is 64.2 Å². The van der Waals surface area contributed by atoms with Gasteiger partial charge in [-0.25, -0.2) is 9.78 Å². The van der Waals surface area contributed by atoms with Gasteiger partial charge in [-0.1, -0.05) is 24.3 Å². The van der Waals surface area contributed by atoms with Gasteiger partial charge in [-0.2, -0.15) is 0 Å². The molecule has 3 aromatic carbocycles. The van der Waals surface area contributed by atoms with Gasteiger partial charge in [-0.05, 0) is 59.0 Å². The predicted octanol–water partition coefficient (Wildman–Crippen LogP) is 4.27. The lowest BCUT2D eigenvalue weighted by Gasteiger charge is -2.39. The fourth-order valence-corrected chi connectivity index (χ4v) is 8.69. The van der Waals surface area contributed by atoms with Crippen molar-refractivity contribution in [2.24, 2.45) is 14.1 Å². The van der Waals surface area contributed by atoms with Gasteiger partial charge in [0.1, 0.15) is 23.4 Å². The Kier molecular flexibility index (Phi) is 8.97. The monoisotopic (exact) mass is 769 g/mol. The van der Waals surface area contributed by atoms with Gasteiger partial charge in [0.05, 0.1) is 42.3 Å².